The van der Waals surface area contributed by atoms with E-state index in [1.807, 2.05) is 0 Å². The SMILES string of the molecule is Cc1cc2cc(C(=O)c3cnn(-c4cnc(Oc5c(F)cccc5F)cc4C)c3N)[nH]c2cc1N1C(=O)N[C@@H](CO)C1=O. The average Bonchev–Trinajstić information content (AvgIpc) is 3.64. The number of halogens is 2. The number of H-pyrrole nitrogens is 1. The van der Waals surface area contributed by atoms with Gasteiger partial charge in [-0.3, -0.25) is 9.59 Å². The van der Waals surface area contributed by atoms with Gasteiger partial charge in [0.1, 0.15) is 11.9 Å². The van der Waals surface area contributed by atoms with Crippen molar-refractivity contribution in [1.29, 1.82) is 0 Å². The second-order valence-corrected chi connectivity index (χ2v) is 9.91. The molecule has 4 heterocycles. The fourth-order valence-corrected chi connectivity index (χ4v) is 4.88. The van der Waals surface area contributed by atoms with Crippen LogP contribution in [0.3, 0.4) is 0 Å². The van der Waals surface area contributed by atoms with Crippen LogP contribution in [0.5, 0.6) is 11.6 Å². The van der Waals surface area contributed by atoms with Gasteiger partial charge in [-0.15, -0.1) is 0 Å². The number of nitrogens with zero attached hydrogens (tertiary/aromatic N) is 4. The number of carbonyl (C=O) groups is 3. The molecule has 1 aliphatic heterocycles. The van der Waals surface area contributed by atoms with Crippen molar-refractivity contribution >= 4 is 40.1 Å². The molecule has 0 radical (unpaired) electrons. The molecule has 2 aromatic carbocycles. The molecule has 1 aliphatic rings. The number of hydrogen-bond acceptors (Lipinski definition) is 8. The number of benzene rings is 2. The van der Waals surface area contributed by atoms with Crippen LogP contribution in [0.15, 0.2) is 54.9 Å². The zero-order chi connectivity index (χ0) is 30.6. The molecule has 3 aromatic heterocycles. The summed E-state index contributed by atoms with van der Waals surface area (Å²) in [5, 5.41) is 16.7. The molecule has 12 nitrogen and oxygen atoms in total. The number of ether oxygens (including phenoxy) is 1. The van der Waals surface area contributed by atoms with Crippen LogP contribution in [0.4, 0.5) is 25.1 Å². The van der Waals surface area contributed by atoms with Crippen molar-refractivity contribution in [3.05, 3.63) is 88.9 Å². The normalized spacial score (nSPS) is 14.9. The van der Waals surface area contributed by atoms with Crippen LogP contribution in [-0.4, -0.2) is 55.2 Å². The van der Waals surface area contributed by atoms with Gasteiger partial charge in [0, 0.05) is 17.0 Å². The van der Waals surface area contributed by atoms with Crippen LogP contribution >= 0.6 is 0 Å². The number of pyridine rings is 1. The summed E-state index contributed by atoms with van der Waals surface area (Å²) in [6, 6.07) is 8.05. The molecule has 14 heteroatoms. The van der Waals surface area contributed by atoms with E-state index in [4.69, 9.17) is 10.5 Å². The number of aryl methyl sites for hydroxylation is 2. The summed E-state index contributed by atoms with van der Waals surface area (Å²) in [7, 11) is 0. The lowest BCUT2D eigenvalue weighted by atomic mass is 10.1. The lowest BCUT2D eigenvalue weighted by Crippen LogP contribution is -2.33. The largest absolute Gasteiger partial charge is 0.433 e. The van der Waals surface area contributed by atoms with Gasteiger partial charge in [-0.25, -0.2) is 28.1 Å². The Kier molecular flexibility index (Phi) is 6.61. The number of nitrogens with two attached hydrogens (primary N) is 1. The zero-order valence-corrected chi connectivity index (χ0v) is 22.7. The van der Waals surface area contributed by atoms with Crippen LogP contribution in [0.25, 0.3) is 16.6 Å². The first-order chi connectivity index (χ1) is 20.6. The van der Waals surface area contributed by atoms with Crippen molar-refractivity contribution in [3.63, 3.8) is 0 Å². The van der Waals surface area contributed by atoms with Crippen molar-refractivity contribution < 1.29 is 33.0 Å². The Bertz CT molecular complexity index is 1950. The first-order valence-electron chi connectivity index (χ1n) is 12.9. The summed E-state index contributed by atoms with van der Waals surface area (Å²) >= 11 is 0. The molecule has 5 aromatic rings. The number of aromatic nitrogens is 4. The summed E-state index contributed by atoms with van der Waals surface area (Å²) < 4.78 is 34.6. The molecular formula is C29H23F2N7O5. The molecule has 1 saturated heterocycles. The van der Waals surface area contributed by atoms with Gasteiger partial charge in [-0.1, -0.05) is 6.07 Å². The Morgan fingerprint density at radius 3 is 2.47 bits per heavy atom. The summed E-state index contributed by atoms with van der Waals surface area (Å²) in [5.74, 6) is -3.42. The van der Waals surface area contributed by atoms with E-state index < -0.39 is 47.8 Å². The maximum Gasteiger partial charge on any atom is 0.329 e. The molecule has 5 N–H and O–H groups in total. The fraction of sp³-hybridized carbons (Fsp3) is 0.138. The molecule has 0 aliphatic carbocycles. The summed E-state index contributed by atoms with van der Waals surface area (Å²) in [6.45, 7) is 2.88. The van der Waals surface area contributed by atoms with Crippen molar-refractivity contribution in [3.8, 4) is 17.3 Å². The monoisotopic (exact) mass is 587 g/mol. The Labute approximate surface area is 241 Å². The van der Waals surface area contributed by atoms with Gasteiger partial charge in [0.15, 0.2) is 11.6 Å². The third-order valence-corrected chi connectivity index (χ3v) is 7.09. The second-order valence-electron chi connectivity index (χ2n) is 9.91. The van der Waals surface area contributed by atoms with E-state index in [2.05, 4.69) is 20.4 Å². The highest BCUT2D eigenvalue weighted by Gasteiger charge is 2.39. The topological polar surface area (TPSA) is 168 Å². The Balaban J connectivity index is 1.28. The highest BCUT2D eigenvalue weighted by molar-refractivity contribution is 6.22. The van der Waals surface area contributed by atoms with E-state index in [1.54, 1.807) is 32.0 Å². The van der Waals surface area contributed by atoms with Gasteiger partial charge in [-0.2, -0.15) is 5.10 Å². The molecule has 0 saturated carbocycles. The number of fused-ring (bicyclic) bond motifs is 1. The van der Waals surface area contributed by atoms with Crippen molar-refractivity contribution in [2.24, 2.45) is 0 Å². The quantitative estimate of drug-likeness (QED) is 0.165. The van der Waals surface area contributed by atoms with E-state index in [-0.39, 0.29) is 23.0 Å². The number of hydrogen-bond donors (Lipinski definition) is 4. The predicted octanol–water partition coefficient (Wildman–Crippen LogP) is 3.67. The summed E-state index contributed by atoms with van der Waals surface area (Å²) in [5.41, 5.74) is 8.97. The third-order valence-electron chi connectivity index (χ3n) is 7.09. The van der Waals surface area contributed by atoms with Crippen molar-refractivity contribution in [1.82, 2.24) is 25.1 Å². The zero-order valence-electron chi connectivity index (χ0n) is 22.7. The first kappa shape index (κ1) is 27.5. The number of para-hydroxylation sites is 1. The number of carbonyl (C=O) groups excluding carboxylic acids is 3. The van der Waals surface area contributed by atoms with Gasteiger partial charge in [0.25, 0.3) is 5.91 Å². The average molecular weight is 588 g/mol. The molecule has 218 valence electrons. The van der Waals surface area contributed by atoms with Gasteiger partial charge in [0.05, 0.1) is 41.6 Å². The molecular weight excluding hydrogens is 564 g/mol. The van der Waals surface area contributed by atoms with Gasteiger partial charge in [0.2, 0.25) is 17.4 Å². The second kappa shape index (κ2) is 10.3. The highest BCUT2D eigenvalue weighted by Crippen LogP contribution is 2.32. The lowest BCUT2D eigenvalue weighted by molar-refractivity contribution is -0.119. The molecule has 6 rings (SSSR count). The number of aromatic amines is 1. The smallest absolute Gasteiger partial charge is 0.329 e. The first-order valence-corrected chi connectivity index (χ1v) is 12.9. The minimum atomic E-state index is -1.03. The van der Waals surface area contributed by atoms with Gasteiger partial charge in [-0.05, 0) is 55.3 Å². The van der Waals surface area contributed by atoms with E-state index in [9.17, 15) is 28.3 Å². The van der Waals surface area contributed by atoms with E-state index >= 15 is 0 Å². The highest BCUT2D eigenvalue weighted by atomic mass is 19.1. The van der Waals surface area contributed by atoms with Crippen LogP contribution in [0.1, 0.15) is 27.2 Å². The third kappa shape index (κ3) is 4.63. The number of aliphatic hydroxyl groups is 1. The minimum Gasteiger partial charge on any atom is -0.433 e. The maximum absolute atomic E-state index is 14.0. The van der Waals surface area contributed by atoms with Crippen LogP contribution in [0, 0.1) is 25.5 Å². The lowest BCUT2D eigenvalue weighted by Gasteiger charge is -2.15. The Morgan fingerprint density at radius 1 is 1.07 bits per heavy atom. The molecule has 0 unspecified atom stereocenters. The molecule has 0 spiro atoms. The number of nitrogen functional groups attached to an aromatic ring is 1. The predicted molar refractivity (Wildman–Crippen MR) is 150 cm³/mol. The number of aliphatic hydroxyl groups excluding tert-OH is 1. The van der Waals surface area contributed by atoms with Crippen LogP contribution < -0.4 is 20.7 Å². The molecule has 1 fully saturated rings. The van der Waals surface area contributed by atoms with Crippen LogP contribution in [0.2, 0.25) is 0 Å². The fourth-order valence-electron chi connectivity index (χ4n) is 4.88. The number of imide groups is 1. The van der Waals surface area contributed by atoms with E-state index in [0.29, 0.717) is 33.4 Å². The van der Waals surface area contributed by atoms with Gasteiger partial charge >= 0.3 is 6.03 Å². The van der Waals surface area contributed by atoms with Crippen LogP contribution in [-0.2, 0) is 4.79 Å². The maximum atomic E-state index is 14.0. The number of ketones is 1. The number of nitrogens with one attached hydrogen (secondary N) is 2. The van der Waals surface area contributed by atoms with Gasteiger partial charge < -0.3 is 25.9 Å². The molecule has 43 heavy (non-hydrogen) atoms. The number of rotatable bonds is 7. The Hall–Kier alpha value is -5.63. The number of urea groups is 1. The summed E-state index contributed by atoms with van der Waals surface area (Å²) in [4.78, 5) is 46.6. The van der Waals surface area contributed by atoms with Crippen molar-refractivity contribution in [2.45, 2.75) is 19.9 Å². The van der Waals surface area contributed by atoms with E-state index in [0.717, 1.165) is 17.0 Å². The number of amides is 3. The van der Waals surface area contributed by atoms with E-state index in [1.165, 1.54) is 29.2 Å². The molecule has 3 amide bonds. The summed E-state index contributed by atoms with van der Waals surface area (Å²) in [6.07, 6.45) is 2.66. The minimum absolute atomic E-state index is 0.0219. The standard InChI is InChI=1S/C29H23F2N7O5/c1-13-6-15-8-20(35-19(15)9-22(13)37-28(41)21(12-39)36-29(37)42)25(40)16-10-34-38(27(16)32)23-11-33-24(7-14(23)2)43-26-17(30)4-3-5-18(26)31/h3-11,21,35,39H,12,32H2,1-2H3,(H,36,42)/t21-/m0/s1. The molecule has 1 atom stereocenters. The Morgan fingerprint density at radius 2 is 1.79 bits per heavy atom. The molecule has 0 bridgehead atoms. The number of anilines is 2. The van der Waals surface area contributed by atoms with Crippen molar-refractivity contribution in [2.75, 3.05) is 17.2 Å².